The van der Waals surface area contributed by atoms with Crippen LogP contribution in [0.3, 0.4) is 0 Å². The van der Waals surface area contributed by atoms with Crippen molar-refractivity contribution < 1.29 is 9.00 Å². The Labute approximate surface area is 276 Å². The van der Waals surface area contributed by atoms with Gasteiger partial charge in [-0.05, 0) is 103 Å². The summed E-state index contributed by atoms with van der Waals surface area (Å²) < 4.78 is 12.4. The van der Waals surface area contributed by atoms with Gasteiger partial charge in [-0.2, -0.15) is 5.26 Å². The Balaban J connectivity index is 1.31. The number of carbonyl (C=O) groups is 1. The molecule has 5 nitrogen and oxygen atoms in total. The average Bonchev–Trinajstić information content (AvgIpc) is 3.03. The summed E-state index contributed by atoms with van der Waals surface area (Å²) >= 11 is 18.9. The summed E-state index contributed by atoms with van der Waals surface area (Å²) in [7, 11) is 0.717. The molecule has 0 unspecified atom stereocenters. The van der Waals surface area contributed by atoms with Gasteiger partial charge in [-0.1, -0.05) is 71.2 Å². The maximum atomic E-state index is 13.8. The van der Waals surface area contributed by atoms with E-state index in [4.69, 9.17) is 34.8 Å². The van der Waals surface area contributed by atoms with Crippen LogP contribution >= 0.6 is 34.8 Å². The van der Waals surface area contributed by atoms with Gasteiger partial charge in [0.2, 0.25) is 0 Å². The lowest BCUT2D eigenvalue weighted by Crippen LogP contribution is -2.36. The van der Waals surface area contributed by atoms with E-state index in [1.54, 1.807) is 17.2 Å². The van der Waals surface area contributed by atoms with Gasteiger partial charge in [0.05, 0.1) is 32.5 Å². The van der Waals surface area contributed by atoms with Crippen molar-refractivity contribution >= 4 is 62.3 Å². The summed E-state index contributed by atoms with van der Waals surface area (Å²) in [5.41, 5.74) is 3.14. The predicted octanol–water partition coefficient (Wildman–Crippen LogP) is 8.53. The first-order valence-electron chi connectivity index (χ1n) is 14.6. The van der Waals surface area contributed by atoms with Crippen molar-refractivity contribution in [3.8, 4) is 6.07 Å². The van der Waals surface area contributed by atoms with Crippen LogP contribution in [-0.2, 0) is 10.8 Å². The Morgan fingerprint density at radius 3 is 2.48 bits per heavy atom. The van der Waals surface area contributed by atoms with Gasteiger partial charge >= 0.3 is 0 Å². The second-order valence-corrected chi connectivity index (χ2v) is 14.1. The fraction of sp³-hybridized carbons (Fsp3) is 0.314. The van der Waals surface area contributed by atoms with Crippen molar-refractivity contribution in [3.05, 3.63) is 110 Å². The Kier molecular flexibility index (Phi) is 10.7. The Hall–Kier alpha value is -2.92. The molecule has 5 rings (SSSR count). The number of fused-ring (bicyclic) bond motifs is 1. The zero-order chi connectivity index (χ0) is 31.4. The number of nitrogens with zero attached hydrogens (tertiary/aromatic N) is 3. The lowest BCUT2D eigenvalue weighted by Gasteiger charge is -2.34. The quantitative estimate of drug-likeness (QED) is 0.180. The standard InChI is InChI=1S/C35H34Cl3N3O2S/c1-40(35(42)31-18-23(21-39)17-26-5-3-4-6-29(26)31)22-27(25-7-10-32(37)33(38)19-25)13-16-41-14-11-24(12-15-41)30-9-8-28(36)20-34(30)44(2)43/h3-10,17-20,24,27H,11-16,22H2,1-2H3/t27-,44-/m1/s1. The number of benzene rings is 4. The second-order valence-electron chi connectivity index (χ2n) is 11.5. The molecule has 44 heavy (non-hydrogen) atoms. The van der Waals surface area contributed by atoms with Gasteiger partial charge in [0.25, 0.3) is 5.91 Å². The van der Waals surface area contributed by atoms with Crippen LogP contribution in [0.2, 0.25) is 15.1 Å². The van der Waals surface area contributed by atoms with Gasteiger partial charge in [0, 0.05) is 41.2 Å². The second kappa shape index (κ2) is 14.5. The van der Waals surface area contributed by atoms with E-state index in [0.717, 1.165) is 65.7 Å². The third-order valence-corrected chi connectivity index (χ3v) is 10.5. The molecule has 1 aliphatic heterocycles. The molecular weight excluding hydrogens is 633 g/mol. The van der Waals surface area contributed by atoms with Crippen LogP contribution in [0.5, 0.6) is 0 Å². The number of piperidine rings is 1. The molecule has 1 heterocycles. The smallest absolute Gasteiger partial charge is 0.254 e. The lowest BCUT2D eigenvalue weighted by molar-refractivity contribution is 0.0783. The van der Waals surface area contributed by atoms with Gasteiger partial charge in [0.15, 0.2) is 0 Å². The molecule has 9 heteroatoms. The summed E-state index contributed by atoms with van der Waals surface area (Å²) in [4.78, 5) is 18.9. The number of halogens is 3. The minimum atomic E-state index is -1.10. The number of carbonyl (C=O) groups excluding carboxylic acids is 1. The third-order valence-electron chi connectivity index (χ3n) is 8.58. The van der Waals surface area contributed by atoms with Crippen molar-refractivity contribution in [1.29, 1.82) is 5.26 Å². The first-order valence-corrected chi connectivity index (χ1v) is 17.3. The van der Waals surface area contributed by atoms with Crippen LogP contribution in [0.1, 0.15) is 58.1 Å². The molecule has 1 amide bonds. The predicted molar refractivity (Wildman–Crippen MR) is 182 cm³/mol. The van der Waals surface area contributed by atoms with Crippen LogP contribution < -0.4 is 0 Å². The van der Waals surface area contributed by atoms with E-state index in [1.807, 2.05) is 73.8 Å². The van der Waals surface area contributed by atoms with E-state index in [-0.39, 0.29) is 11.8 Å². The minimum Gasteiger partial charge on any atom is -0.341 e. The van der Waals surface area contributed by atoms with Gasteiger partial charge < -0.3 is 9.80 Å². The molecular formula is C35H34Cl3N3O2S. The monoisotopic (exact) mass is 665 g/mol. The van der Waals surface area contributed by atoms with Crippen LogP contribution in [0.25, 0.3) is 10.8 Å². The van der Waals surface area contributed by atoms with Crippen molar-refractivity contribution in [3.63, 3.8) is 0 Å². The summed E-state index contributed by atoms with van der Waals surface area (Å²) in [6, 6.07) is 24.8. The number of hydrogen-bond donors (Lipinski definition) is 0. The Bertz CT molecular complexity index is 1750. The molecule has 0 aromatic heterocycles. The van der Waals surface area contributed by atoms with E-state index >= 15 is 0 Å². The van der Waals surface area contributed by atoms with Gasteiger partial charge in [-0.3, -0.25) is 9.00 Å². The fourth-order valence-electron chi connectivity index (χ4n) is 6.20. The molecule has 0 bridgehead atoms. The molecule has 0 radical (unpaired) electrons. The molecule has 1 saturated heterocycles. The molecule has 4 aromatic rings. The molecule has 0 saturated carbocycles. The number of rotatable bonds is 9. The van der Waals surface area contributed by atoms with Crippen LogP contribution in [0, 0.1) is 11.3 Å². The first kappa shape index (κ1) is 32.5. The number of nitriles is 1. The zero-order valence-corrected chi connectivity index (χ0v) is 27.8. The fourth-order valence-corrected chi connectivity index (χ4v) is 7.60. The maximum absolute atomic E-state index is 13.8. The lowest BCUT2D eigenvalue weighted by atomic mass is 9.88. The van der Waals surface area contributed by atoms with Gasteiger partial charge in [-0.25, -0.2) is 0 Å². The van der Waals surface area contributed by atoms with E-state index in [0.29, 0.717) is 38.7 Å². The summed E-state index contributed by atoms with van der Waals surface area (Å²) in [5.74, 6) is 0.236. The summed E-state index contributed by atoms with van der Waals surface area (Å²) in [6.07, 6.45) is 4.48. The maximum Gasteiger partial charge on any atom is 0.254 e. The third kappa shape index (κ3) is 7.47. The zero-order valence-electron chi connectivity index (χ0n) is 24.7. The molecule has 1 aliphatic rings. The topological polar surface area (TPSA) is 64.4 Å². The Morgan fingerprint density at radius 2 is 1.77 bits per heavy atom. The molecule has 1 fully saturated rings. The van der Waals surface area contributed by atoms with Crippen LogP contribution in [0.15, 0.2) is 77.7 Å². The molecule has 2 atom stereocenters. The number of likely N-dealkylation sites (N-methyl/N-ethyl adjacent to an activating group) is 1. The van der Waals surface area contributed by atoms with Crippen molar-refractivity contribution in [2.24, 2.45) is 0 Å². The highest BCUT2D eigenvalue weighted by atomic mass is 35.5. The molecule has 4 aromatic carbocycles. The first-order chi connectivity index (χ1) is 21.1. The van der Waals surface area contributed by atoms with Crippen LogP contribution in [-0.4, -0.2) is 59.4 Å². The highest BCUT2D eigenvalue weighted by Gasteiger charge is 2.26. The highest BCUT2D eigenvalue weighted by Crippen LogP contribution is 2.34. The van der Waals surface area contributed by atoms with Gasteiger partial charge in [0.1, 0.15) is 0 Å². The number of amides is 1. The average molecular weight is 667 g/mol. The molecule has 0 N–H and O–H groups in total. The minimum absolute atomic E-state index is 0.0206. The van der Waals surface area contributed by atoms with Crippen LogP contribution in [0.4, 0.5) is 0 Å². The molecule has 0 aliphatic carbocycles. The highest BCUT2D eigenvalue weighted by molar-refractivity contribution is 7.84. The largest absolute Gasteiger partial charge is 0.341 e. The summed E-state index contributed by atoms with van der Waals surface area (Å²) in [6.45, 7) is 3.20. The normalized spacial score (nSPS) is 15.5. The van der Waals surface area contributed by atoms with E-state index in [9.17, 15) is 14.3 Å². The van der Waals surface area contributed by atoms with E-state index < -0.39 is 10.8 Å². The SMILES string of the molecule is CN(C[C@@H](CCN1CCC(c2ccc(Cl)cc2[S@@](C)=O)CC1)c1ccc(Cl)c(Cl)c1)C(=O)c1cc(C#N)cc2ccccc12. The number of likely N-dealkylation sites (tertiary alicyclic amines) is 1. The van der Waals surface area contributed by atoms with E-state index in [1.165, 1.54) is 0 Å². The van der Waals surface area contributed by atoms with Crippen molar-refractivity contribution in [1.82, 2.24) is 9.80 Å². The Morgan fingerprint density at radius 1 is 1.02 bits per heavy atom. The van der Waals surface area contributed by atoms with Gasteiger partial charge in [-0.15, -0.1) is 0 Å². The van der Waals surface area contributed by atoms with Crippen molar-refractivity contribution in [2.75, 3.05) is 39.5 Å². The van der Waals surface area contributed by atoms with E-state index in [2.05, 4.69) is 11.0 Å². The summed E-state index contributed by atoms with van der Waals surface area (Å²) in [5, 5.41) is 12.9. The van der Waals surface area contributed by atoms with Crippen molar-refractivity contribution in [2.45, 2.75) is 36.0 Å². The molecule has 0 spiro atoms. The number of hydrogen-bond acceptors (Lipinski definition) is 4. The molecule has 228 valence electrons.